The van der Waals surface area contributed by atoms with Gasteiger partial charge in [0.1, 0.15) is 5.82 Å². The van der Waals surface area contributed by atoms with Gasteiger partial charge in [0.2, 0.25) is 0 Å². The largest absolute Gasteiger partial charge is 0.356 e. The summed E-state index contributed by atoms with van der Waals surface area (Å²) >= 11 is 0. The Bertz CT molecular complexity index is 1120. The van der Waals surface area contributed by atoms with Crippen molar-refractivity contribution in [2.45, 2.75) is 25.3 Å². The fourth-order valence-electron chi connectivity index (χ4n) is 4.13. The number of fused-ring (bicyclic) bond motifs is 2. The predicted molar refractivity (Wildman–Crippen MR) is 113 cm³/mol. The molecule has 2 aromatic heterocycles. The van der Waals surface area contributed by atoms with Crippen LogP contribution >= 0.6 is 0 Å². The minimum Gasteiger partial charge on any atom is -0.356 e. The van der Waals surface area contributed by atoms with Gasteiger partial charge in [-0.15, -0.1) is 0 Å². The first-order valence-electron chi connectivity index (χ1n) is 9.76. The molecule has 0 radical (unpaired) electrons. The summed E-state index contributed by atoms with van der Waals surface area (Å²) in [4.78, 5) is 16.4. The maximum absolute atomic E-state index is 4.98. The monoisotopic (exact) mass is 366 g/mol. The number of hydrogen-bond donors (Lipinski definition) is 0. The summed E-state index contributed by atoms with van der Waals surface area (Å²) in [7, 11) is 2.17. The highest BCUT2D eigenvalue weighted by Gasteiger charge is 2.24. The molecule has 2 aromatic carbocycles. The third kappa shape index (κ3) is 3.01. The second-order valence-corrected chi connectivity index (χ2v) is 7.41. The molecule has 1 aliphatic carbocycles. The average molecular weight is 366 g/mol. The van der Waals surface area contributed by atoms with Crippen LogP contribution in [0.5, 0.6) is 0 Å². The van der Waals surface area contributed by atoms with Crippen LogP contribution in [0.25, 0.3) is 22.3 Å². The van der Waals surface area contributed by atoms with E-state index in [1.165, 1.54) is 11.1 Å². The van der Waals surface area contributed by atoms with E-state index >= 15 is 0 Å². The molecule has 4 aromatic rings. The number of pyridine rings is 1. The van der Waals surface area contributed by atoms with E-state index in [4.69, 9.17) is 9.97 Å². The molecule has 138 valence electrons. The van der Waals surface area contributed by atoms with E-state index < -0.39 is 0 Å². The molecule has 0 amide bonds. The molecule has 0 fully saturated rings. The number of nitrogens with zero attached hydrogens (tertiary/aromatic N) is 4. The second kappa shape index (κ2) is 7.04. The van der Waals surface area contributed by atoms with E-state index in [1.807, 2.05) is 24.4 Å². The molecule has 28 heavy (non-hydrogen) atoms. The maximum atomic E-state index is 4.98. The molecule has 1 atom stereocenters. The highest BCUT2D eigenvalue weighted by atomic mass is 15.2. The summed E-state index contributed by atoms with van der Waals surface area (Å²) in [5, 5.41) is 1.09. The van der Waals surface area contributed by atoms with Crippen molar-refractivity contribution in [1.29, 1.82) is 0 Å². The van der Waals surface area contributed by atoms with Gasteiger partial charge in [-0.3, -0.25) is 4.98 Å². The van der Waals surface area contributed by atoms with Gasteiger partial charge in [-0.1, -0.05) is 36.4 Å². The van der Waals surface area contributed by atoms with Crippen LogP contribution in [-0.2, 0) is 12.8 Å². The van der Waals surface area contributed by atoms with Gasteiger partial charge in [0.05, 0.1) is 5.52 Å². The van der Waals surface area contributed by atoms with Gasteiger partial charge < -0.3 is 4.90 Å². The van der Waals surface area contributed by atoms with Gasteiger partial charge in [-0.2, -0.15) is 0 Å². The van der Waals surface area contributed by atoms with Crippen LogP contribution in [0, 0.1) is 0 Å². The minimum absolute atomic E-state index is 0.426. The van der Waals surface area contributed by atoms with Crippen molar-refractivity contribution in [3.05, 3.63) is 84.2 Å². The van der Waals surface area contributed by atoms with Crippen LogP contribution in [0.1, 0.15) is 17.5 Å². The number of anilines is 1. The van der Waals surface area contributed by atoms with Crippen LogP contribution in [-0.4, -0.2) is 28.0 Å². The Hall–Kier alpha value is -3.27. The van der Waals surface area contributed by atoms with Gasteiger partial charge in [0, 0.05) is 36.4 Å². The Labute approximate surface area is 164 Å². The Morgan fingerprint density at radius 1 is 0.893 bits per heavy atom. The number of aromatic nitrogens is 3. The highest BCUT2D eigenvalue weighted by molar-refractivity contribution is 5.91. The third-order valence-electron chi connectivity index (χ3n) is 5.71. The van der Waals surface area contributed by atoms with Crippen molar-refractivity contribution >= 4 is 16.7 Å². The lowest BCUT2D eigenvalue weighted by atomic mass is 9.87. The van der Waals surface area contributed by atoms with E-state index in [-0.39, 0.29) is 0 Å². The number of para-hydroxylation sites is 1. The molecule has 0 unspecified atom stereocenters. The first kappa shape index (κ1) is 16.9. The zero-order valence-electron chi connectivity index (χ0n) is 15.9. The number of likely N-dealkylation sites (N-methyl/N-ethyl adjacent to an activating group) is 1. The zero-order chi connectivity index (χ0) is 18.9. The summed E-state index contributed by atoms with van der Waals surface area (Å²) in [6.45, 7) is 0. The lowest BCUT2D eigenvalue weighted by Crippen LogP contribution is -2.37. The van der Waals surface area contributed by atoms with Crippen LogP contribution in [0.2, 0.25) is 0 Å². The SMILES string of the molecule is CN(c1nc(-c2cccnc2)nc2ccccc12)[C@H]1CCc2ccccc2C1. The van der Waals surface area contributed by atoms with Gasteiger partial charge in [-0.25, -0.2) is 9.97 Å². The van der Waals surface area contributed by atoms with E-state index in [2.05, 4.69) is 59.4 Å². The summed E-state index contributed by atoms with van der Waals surface area (Å²) < 4.78 is 0. The Kier molecular flexibility index (Phi) is 4.24. The lowest BCUT2D eigenvalue weighted by molar-refractivity contribution is 0.545. The molecule has 0 aliphatic heterocycles. The van der Waals surface area contributed by atoms with Crippen LogP contribution in [0.4, 0.5) is 5.82 Å². The molecule has 0 N–H and O–H groups in total. The molecule has 0 saturated heterocycles. The maximum Gasteiger partial charge on any atom is 0.163 e. The van der Waals surface area contributed by atoms with Crippen molar-refractivity contribution < 1.29 is 0 Å². The van der Waals surface area contributed by atoms with E-state index in [0.717, 1.165) is 47.4 Å². The smallest absolute Gasteiger partial charge is 0.163 e. The second-order valence-electron chi connectivity index (χ2n) is 7.41. The van der Waals surface area contributed by atoms with Gasteiger partial charge >= 0.3 is 0 Å². The normalized spacial score (nSPS) is 16.0. The van der Waals surface area contributed by atoms with Crippen LogP contribution in [0.3, 0.4) is 0 Å². The molecule has 4 heteroatoms. The third-order valence-corrected chi connectivity index (χ3v) is 5.71. The molecule has 0 saturated carbocycles. The fourth-order valence-corrected chi connectivity index (χ4v) is 4.13. The number of hydrogen-bond acceptors (Lipinski definition) is 4. The van der Waals surface area contributed by atoms with E-state index in [9.17, 15) is 0 Å². The van der Waals surface area contributed by atoms with Crippen molar-refractivity contribution in [3.8, 4) is 11.4 Å². The first-order chi connectivity index (χ1) is 13.8. The zero-order valence-corrected chi connectivity index (χ0v) is 15.9. The molecule has 0 spiro atoms. The molecular weight excluding hydrogens is 344 g/mol. The molecule has 0 bridgehead atoms. The Balaban J connectivity index is 1.58. The quantitative estimate of drug-likeness (QED) is 0.528. The molecule has 5 rings (SSSR count). The molecule has 2 heterocycles. The van der Waals surface area contributed by atoms with Gasteiger partial charge in [0.25, 0.3) is 0 Å². The number of aryl methyl sites for hydroxylation is 1. The highest BCUT2D eigenvalue weighted by Crippen LogP contribution is 2.31. The fraction of sp³-hybridized carbons (Fsp3) is 0.208. The number of benzene rings is 2. The summed E-state index contributed by atoms with van der Waals surface area (Å²) in [6.07, 6.45) is 6.90. The Morgan fingerprint density at radius 3 is 2.57 bits per heavy atom. The van der Waals surface area contributed by atoms with Crippen LogP contribution in [0.15, 0.2) is 73.1 Å². The first-order valence-corrected chi connectivity index (χ1v) is 9.76. The Morgan fingerprint density at radius 2 is 1.71 bits per heavy atom. The van der Waals surface area contributed by atoms with Crippen molar-refractivity contribution in [3.63, 3.8) is 0 Å². The van der Waals surface area contributed by atoms with Crippen LogP contribution < -0.4 is 4.90 Å². The molecular formula is C24H22N4. The van der Waals surface area contributed by atoms with Gasteiger partial charge in [0.15, 0.2) is 5.82 Å². The van der Waals surface area contributed by atoms with Gasteiger partial charge in [-0.05, 0) is 54.7 Å². The van der Waals surface area contributed by atoms with E-state index in [1.54, 1.807) is 6.20 Å². The minimum atomic E-state index is 0.426. The van der Waals surface area contributed by atoms with Crippen molar-refractivity contribution in [1.82, 2.24) is 15.0 Å². The average Bonchev–Trinajstić information content (AvgIpc) is 2.78. The van der Waals surface area contributed by atoms with Crippen molar-refractivity contribution in [2.75, 3.05) is 11.9 Å². The molecule has 4 nitrogen and oxygen atoms in total. The molecule has 1 aliphatic rings. The summed E-state index contributed by atoms with van der Waals surface area (Å²) in [5.41, 5.74) is 4.85. The van der Waals surface area contributed by atoms with Crippen molar-refractivity contribution in [2.24, 2.45) is 0 Å². The summed E-state index contributed by atoms with van der Waals surface area (Å²) in [5.74, 6) is 1.72. The lowest BCUT2D eigenvalue weighted by Gasteiger charge is -2.34. The topological polar surface area (TPSA) is 41.9 Å². The number of rotatable bonds is 3. The predicted octanol–water partition coefficient (Wildman–Crippen LogP) is 4.69. The van der Waals surface area contributed by atoms with E-state index in [0.29, 0.717) is 6.04 Å². The standard InChI is InChI=1S/C24H22N4/c1-28(20-13-12-17-7-2-3-8-18(17)15-20)24-21-10-4-5-11-22(21)26-23(27-24)19-9-6-14-25-16-19/h2-11,14,16,20H,12-13,15H2,1H3/t20-/m0/s1. The summed E-state index contributed by atoms with van der Waals surface area (Å²) in [6, 6.07) is 21.4.